The van der Waals surface area contributed by atoms with Crippen LogP contribution < -0.4 is 5.32 Å². The van der Waals surface area contributed by atoms with Crippen molar-refractivity contribution in [3.8, 4) is 0 Å². The minimum atomic E-state index is -0.688. The van der Waals surface area contributed by atoms with E-state index in [1.54, 1.807) is 6.92 Å². The normalized spacial score (nSPS) is 15.9. The van der Waals surface area contributed by atoms with Crippen LogP contribution in [0.1, 0.15) is 93.3 Å². The molecule has 36 heavy (non-hydrogen) atoms. The summed E-state index contributed by atoms with van der Waals surface area (Å²) < 4.78 is 0. The zero-order chi connectivity index (χ0) is 25.5. The predicted molar refractivity (Wildman–Crippen MR) is 146 cm³/mol. The summed E-state index contributed by atoms with van der Waals surface area (Å²) in [6, 6.07) is 21.7. The number of pyridine rings is 1. The highest BCUT2D eigenvalue weighted by Gasteiger charge is 2.34. The van der Waals surface area contributed by atoms with Gasteiger partial charge < -0.3 is 15.3 Å². The number of aliphatic hydroxyl groups excluding tert-OH is 1. The smallest absolute Gasteiger partial charge is 0.322 e. The second kappa shape index (κ2) is 12.2. The Morgan fingerprint density at radius 1 is 0.944 bits per heavy atom. The van der Waals surface area contributed by atoms with E-state index < -0.39 is 6.10 Å². The molecule has 1 saturated carbocycles. The summed E-state index contributed by atoms with van der Waals surface area (Å²) in [5, 5.41) is 13.8. The second-order valence-electron chi connectivity index (χ2n) is 10.3. The molecule has 3 aromatic rings. The first-order valence-electron chi connectivity index (χ1n) is 13.3. The van der Waals surface area contributed by atoms with Crippen molar-refractivity contribution in [3.05, 3.63) is 95.3 Å². The minimum Gasteiger partial charge on any atom is -0.389 e. The van der Waals surface area contributed by atoms with E-state index in [-0.39, 0.29) is 18.0 Å². The fraction of sp³-hybridized carbons (Fsp3) is 0.419. The van der Waals surface area contributed by atoms with Crippen LogP contribution in [0.25, 0.3) is 0 Å². The topological polar surface area (TPSA) is 65.5 Å². The largest absolute Gasteiger partial charge is 0.389 e. The molecule has 2 aromatic carbocycles. The third kappa shape index (κ3) is 6.14. The van der Waals surface area contributed by atoms with Crippen LogP contribution in [0.5, 0.6) is 0 Å². The number of nitrogens with zero attached hydrogens (tertiary/aromatic N) is 2. The van der Waals surface area contributed by atoms with Gasteiger partial charge in [0.15, 0.2) is 0 Å². The van der Waals surface area contributed by atoms with Crippen LogP contribution in [0.4, 0.5) is 10.5 Å². The molecular formula is C31H39N3O2. The zero-order valence-electron chi connectivity index (χ0n) is 21.7. The van der Waals surface area contributed by atoms with Crippen LogP contribution in [-0.4, -0.2) is 21.0 Å². The lowest BCUT2D eigenvalue weighted by Gasteiger charge is -2.39. The van der Waals surface area contributed by atoms with Crippen molar-refractivity contribution in [2.45, 2.75) is 77.5 Å². The van der Waals surface area contributed by atoms with E-state index in [1.807, 2.05) is 65.7 Å². The Labute approximate surface area is 215 Å². The summed E-state index contributed by atoms with van der Waals surface area (Å²) in [7, 11) is 0. The Balaban J connectivity index is 1.77. The van der Waals surface area contributed by atoms with Gasteiger partial charge >= 0.3 is 6.03 Å². The van der Waals surface area contributed by atoms with Gasteiger partial charge in [0, 0.05) is 18.3 Å². The molecule has 190 valence electrons. The maximum atomic E-state index is 14.2. The van der Waals surface area contributed by atoms with Gasteiger partial charge in [-0.2, -0.15) is 0 Å². The van der Waals surface area contributed by atoms with Crippen LogP contribution in [0, 0.1) is 5.92 Å². The highest BCUT2D eigenvalue weighted by molar-refractivity contribution is 5.91. The van der Waals surface area contributed by atoms with Crippen molar-refractivity contribution < 1.29 is 9.90 Å². The van der Waals surface area contributed by atoms with E-state index in [0.717, 1.165) is 35.2 Å². The summed E-state index contributed by atoms with van der Waals surface area (Å²) in [4.78, 5) is 20.9. The average Bonchev–Trinajstić information content (AvgIpc) is 2.90. The Bertz CT molecular complexity index is 1080. The van der Waals surface area contributed by atoms with E-state index in [0.29, 0.717) is 18.2 Å². The first-order chi connectivity index (χ1) is 17.5. The first-order valence-corrected chi connectivity index (χ1v) is 13.3. The van der Waals surface area contributed by atoms with E-state index in [1.165, 1.54) is 19.3 Å². The molecule has 4 rings (SSSR count). The molecule has 5 heteroatoms. The quantitative estimate of drug-likeness (QED) is 0.345. The first kappa shape index (κ1) is 25.9. The number of para-hydroxylation sites is 1. The van der Waals surface area contributed by atoms with Gasteiger partial charge in [0.25, 0.3) is 0 Å². The van der Waals surface area contributed by atoms with Crippen molar-refractivity contribution in [1.29, 1.82) is 0 Å². The van der Waals surface area contributed by atoms with Crippen molar-refractivity contribution in [2.75, 3.05) is 5.32 Å². The predicted octanol–water partition coefficient (Wildman–Crippen LogP) is 7.61. The number of urea groups is 1. The average molecular weight is 486 g/mol. The number of carbonyl (C=O) groups excluding carboxylic acids is 1. The molecule has 0 spiro atoms. The Morgan fingerprint density at radius 3 is 2.28 bits per heavy atom. The number of nitrogens with one attached hydrogen (secondary N) is 1. The fourth-order valence-corrected chi connectivity index (χ4v) is 5.47. The van der Waals surface area contributed by atoms with Gasteiger partial charge in [0.05, 0.1) is 23.5 Å². The van der Waals surface area contributed by atoms with Crippen molar-refractivity contribution >= 4 is 11.7 Å². The molecule has 2 amide bonds. The lowest BCUT2D eigenvalue weighted by atomic mass is 9.81. The van der Waals surface area contributed by atoms with E-state index in [4.69, 9.17) is 4.98 Å². The van der Waals surface area contributed by atoms with Gasteiger partial charge in [-0.1, -0.05) is 87.7 Å². The van der Waals surface area contributed by atoms with Gasteiger partial charge in [-0.25, -0.2) is 4.79 Å². The van der Waals surface area contributed by atoms with Crippen LogP contribution in [0.3, 0.4) is 0 Å². The molecule has 1 fully saturated rings. The molecule has 2 N–H and O–H groups in total. The number of rotatable bonds is 8. The van der Waals surface area contributed by atoms with Gasteiger partial charge in [-0.15, -0.1) is 0 Å². The van der Waals surface area contributed by atoms with Gasteiger partial charge in [-0.3, -0.25) is 4.98 Å². The minimum absolute atomic E-state index is 0.132. The molecule has 0 bridgehead atoms. The lowest BCUT2D eigenvalue weighted by molar-refractivity contribution is 0.131. The number of amides is 2. The summed E-state index contributed by atoms with van der Waals surface area (Å²) in [6.07, 6.45) is 6.90. The number of anilines is 1. The second-order valence-corrected chi connectivity index (χ2v) is 10.3. The van der Waals surface area contributed by atoms with E-state index in [2.05, 4.69) is 31.3 Å². The van der Waals surface area contributed by atoms with Crippen molar-refractivity contribution in [2.24, 2.45) is 5.92 Å². The number of aliphatic hydroxyl groups is 1. The Hall–Kier alpha value is -3.18. The molecule has 5 nitrogen and oxygen atoms in total. The Morgan fingerprint density at radius 2 is 1.64 bits per heavy atom. The standard InChI is InChI=1S/C31H39N3O2/c1-22(2)26-17-12-18-27(23(3)35)29(26)33-31(36)34(21-24-13-6-4-7-14-24)30(25-15-8-5-9-16-25)28-19-10-11-20-32-28/h4,6-7,10-14,17-20,22-23,25,30,35H,5,8-9,15-16,21H2,1-3H3,(H,33,36). The molecular weight excluding hydrogens is 446 g/mol. The van der Waals surface area contributed by atoms with Crippen LogP contribution in [0.15, 0.2) is 72.9 Å². The summed E-state index contributed by atoms with van der Waals surface area (Å²) >= 11 is 0. The number of carbonyl (C=O) groups is 1. The fourth-order valence-electron chi connectivity index (χ4n) is 5.47. The van der Waals surface area contributed by atoms with E-state index >= 15 is 0 Å². The van der Waals surface area contributed by atoms with Crippen LogP contribution >= 0.6 is 0 Å². The van der Waals surface area contributed by atoms with Gasteiger partial charge in [0.1, 0.15) is 0 Å². The SMILES string of the molecule is CC(C)c1cccc(C(C)O)c1NC(=O)N(Cc1ccccc1)C(c1ccccn1)C1CCCCC1. The number of benzene rings is 2. The van der Waals surface area contributed by atoms with Gasteiger partial charge in [-0.05, 0) is 54.9 Å². The molecule has 1 aliphatic rings. The molecule has 1 aliphatic carbocycles. The molecule has 0 saturated heterocycles. The molecule has 2 unspecified atom stereocenters. The van der Waals surface area contributed by atoms with Crippen LogP contribution in [-0.2, 0) is 6.54 Å². The Kier molecular flexibility index (Phi) is 8.76. The number of hydrogen-bond donors (Lipinski definition) is 2. The summed E-state index contributed by atoms with van der Waals surface area (Å²) in [6.45, 7) is 6.45. The molecule has 2 atom stereocenters. The third-order valence-corrected chi connectivity index (χ3v) is 7.31. The van der Waals surface area contributed by atoms with Gasteiger partial charge in [0.2, 0.25) is 0 Å². The number of aromatic nitrogens is 1. The summed E-state index contributed by atoms with van der Waals surface area (Å²) in [5.41, 5.74) is 4.49. The van der Waals surface area contributed by atoms with Crippen LogP contribution in [0.2, 0.25) is 0 Å². The number of hydrogen-bond acceptors (Lipinski definition) is 3. The molecule has 0 radical (unpaired) electrons. The lowest BCUT2D eigenvalue weighted by Crippen LogP contribution is -2.42. The maximum Gasteiger partial charge on any atom is 0.322 e. The highest BCUT2D eigenvalue weighted by atomic mass is 16.3. The third-order valence-electron chi connectivity index (χ3n) is 7.31. The van der Waals surface area contributed by atoms with Crippen molar-refractivity contribution in [1.82, 2.24) is 9.88 Å². The van der Waals surface area contributed by atoms with Crippen molar-refractivity contribution in [3.63, 3.8) is 0 Å². The highest BCUT2D eigenvalue weighted by Crippen LogP contribution is 2.39. The molecule has 0 aliphatic heterocycles. The monoisotopic (exact) mass is 485 g/mol. The zero-order valence-corrected chi connectivity index (χ0v) is 21.7. The maximum absolute atomic E-state index is 14.2. The van der Waals surface area contributed by atoms with E-state index in [9.17, 15) is 9.90 Å². The molecule has 1 aromatic heterocycles. The molecule has 1 heterocycles. The summed E-state index contributed by atoms with van der Waals surface area (Å²) in [5.74, 6) is 0.547.